The molecule has 4 nitrogen and oxygen atoms in total. The van der Waals surface area contributed by atoms with Gasteiger partial charge in [0.2, 0.25) is 5.69 Å². The Balaban J connectivity index is 1.88. The second-order valence-electron chi connectivity index (χ2n) is 6.09. The zero-order valence-electron chi connectivity index (χ0n) is 13.4. The third kappa shape index (κ3) is 3.22. The van der Waals surface area contributed by atoms with Gasteiger partial charge in [-0.15, -0.1) is 11.3 Å². The monoisotopic (exact) mass is 349 g/mol. The van der Waals surface area contributed by atoms with Crippen LogP contribution >= 0.6 is 23.4 Å². The summed E-state index contributed by atoms with van der Waals surface area (Å²) in [5, 5.41) is 15.6. The van der Waals surface area contributed by atoms with Gasteiger partial charge in [0.15, 0.2) is 12.3 Å². The molecule has 23 heavy (non-hydrogen) atoms. The Kier molecular flexibility index (Phi) is 4.89. The third-order valence-corrected chi connectivity index (χ3v) is 6.07. The Morgan fingerprint density at radius 3 is 2.83 bits per heavy atom. The molecule has 0 atom stereocenters. The number of nitrogens with zero attached hydrogens (tertiary/aromatic N) is 1. The van der Waals surface area contributed by atoms with Gasteiger partial charge in [-0.05, 0) is 37.4 Å². The van der Waals surface area contributed by atoms with E-state index < -0.39 is 0 Å². The summed E-state index contributed by atoms with van der Waals surface area (Å²) in [4.78, 5) is 2.26. The van der Waals surface area contributed by atoms with Gasteiger partial charge in [0, 0.05) is 34.7 Å². The highest BCUT2D eigenvalue weighted by atomic mass is 32.2. The van der Waals surface area contributed by atoms with Gasteiger partial charge < -0.3 is 5.26 Å². The van der Waals surface area contributed by atoms with Crippen LogP contribution in [-0.2, 0) is 21.2 Å². The number of fused-ring (bicyclic) bond motifs is 1. The smallest absolute Gasteiger partial charge is 0.209 e. The maximum absolute atomic E-state index is 10.0. The van der Waals surface area contributed by atoms with Gasteiger partial charge in [0.25, 0.3) is 0 Å². The van der Waals surface area contributed by atoms with Crippen LogP contribution < -0.4 is 5.26 Å². The lowest BCUT2D eigenvalue weighted by Crippen LogP contribution is -2.27. The van der Waals surface area contributed by atoms with E-state index in [2.05, 4.69) is 64.4 Å². The third-order valence-electron chi connectivity index (χ3n) is 4.56. The largest absolute Gasteiger partial charge is 0.691 e. The topological polar surface area (TPSA) is 44.5 Å². The Hall–Kier alpha value is -1.18. The average molecular weight is 349 g/mol. The molecule has 6 heteroatoms. The standard InChI is InChI=1S/C17H19NO3S2/c1-12-17(2,3)15-11-14(23-21-20-19)6-7-16(15)18(12)9-8-13-5-4-10-22-13/h4-7,10-11H,8-9H2,1-3H3. The van der Waals surface area contributed by atoms with Gasteiger partial charge in [-0.25, -0.2) is 0 Å². The lowest BCUT2D eigenvalue weighted by Gasteiger charge is -2.15. The Labute approximate surface area is 144 Å². The predicted molar refractivity (Wildman–Crippen MR) is 91.0 cm³/mol. The number of benzene rings is 1. The van der Waals surface area contributed by atoms with Crippen LogP contribution in [0.25, 0.3) is 0 Å². The molecule has 0 aliphatic carbocycles. The molecule has 0 bridgehead atoms. The molecule has 0 saturated heterocycles. The molecule has 2 aromatic rings. The number of hydrogen-bond donors (Lipinski definition) is 0. The first-order valence-electron chi connectivity index (χ1n) is 7.45. The van der Waals surface area contributed by atoms with Gasteiger partial charge in [0.1, 0.15) is 0 Å². The highest BCUT2D eigenvalue weighted by molar-refractivity contribution is 7.94. The fourth-order valence-electron chi connectivity index (χ4n) is 3.03. The minimum Gasteiger partial charge on any atom is -0.691 e. The second-order valence-corrected chi connectivity index (χ2v) is 7.90. The maximum Gasteiger partial charge on any atom is 0.209 e. The molecule has 0 fully saturated rings. The highest BCUT2D eigenvalue weighted by Crippen LogP contribution is 2.41. The van der Waals surface area contributed by atoms with Crippen molar-refractivity contribution < 1.29 is 19.2 Å². The lowest BCUT2D eigenvalue weighted by molar-refractivity contribution is -0.777. The molecule has 1 aliphatic heterocycles. The van der Waals surface area contributed by atoms with E-state index in [1.165, 1.54) is 21.8 Å². The van der Waals surface area contributed by atoms with Crippen LogP contribution in [0.15, 0.2) is 40.6 Å². The molecule has 122 valence electrons. The zero-order valence-corrected chi connectivity index (χ0v) is 15.0. The lowest BCUT2D eigenvalue weighted by atomic mass is 9.82. The molecule has 0 spiro atoms. The molecule has 0 N–H and O–H groups in total. The van der Waals surface area contributed by atoms with E-state index in [4.69, 9.17) is 0 Å². The van der Waals surface area contributed by atoms with Crippen LogP contribution in [0.2, 0.25) is 0 Å². The summed E-state index contributed by atoms with van der Waals surface area (Å²) in [5.41, 5.74) is 3.78. The molecular weight excluding hydrogens is 330 g/mol. The molecular formula is C17H19NO3S2. The summed E-state index contributed by atoms with van der Waals surface area (Å²) in [6.45, 7) is 7.62. The van der Waals surface area contributed by atoms with Crippen molar-refractivity contribution in [3.05, 3.63) is 46.2 Å². The van der Waals surface area contributed by atoms with Gasteiger partial charge in [0.05, 0.1) is 17.5 Å². The first-order chi connectivity index (χ1) is 11.0. The Morgan fingerprint density at radius 1 is 1.30 bits per heavy atom. The number of rotatable bonds is 6. The van der Waals surface area contributed by atoms with Crippen molar-refractivity contribution in [3.63, 3.8) is 0 Å². The van der Waals surface area contributed by atoms with Crippen LogP contribution in [0.5, 0.6) is 0 Å². The summed E-state index contributed by atoms with van der Waals surface area (Å²) < 4.78 is 6.84. The molecule has 0 unspecified atom stereocenters. The SMILES string of the molecule is CC1=[N+](CCc2cccs2)c2ccc(SOO[O-])cc2C1(C)C. The first kappa shape index (κ1) is 16.7. The molecule has 3 rings (SSSR count). The fraction of sp³-hybridized carbons (Fsp3) is 0.353. The second kappa shape index (κ2) is 6.75. The van der Waals surface area contributed by atoms with Crippen molar-refractivity contribution in [1.29, 1.82) is 0 Å². The summed E-state index contributed by atoms with van der Waals surface area (Å²) in [6, 6.07) is 10.4. The highest BCUT2D eigenvalue weighted by Gasteiger charge is 2.42. The summed E-state index contributed by atoms with van der Waals surface area (Å²) in [5.74, 6) is 0. The van der Waals surface area contributed by atoms with Crippen molar-refractivity contribution in [2.45, 2.75) is 37.5 Å². The molecule has 0 radical (unpaired) electrons. The molecule has 2 heterocycles. The number of thiophene rings is 1. The minimum absolute atomic E-state index is 0.0420. The van der Waals surface area contributed by atoms with E-state index in [-0.39, 0.29) is 5.41 Å². The van der Waals surface area contributed by atoms with Gasteiger partial charge in [-0.3, -0.25) is 5.04 Å². The Bertz CT molecular complexity index is 723. The van der Waals surface area contributed by atoms with E-state index in [0.717, 1.165) is 29.9 Å². The predicted octanol–water partition coefficient (Wildman–Crippen LogP) is 3.62. The van der Waals surface area contributed by atoms with Crippen molar-refractivity contribution in [2.24, 2.45) is 0 Å². The normalized spacial score (nSPS) is 16.0. The summed E-state index contributed by atoms with van der Waals surface area (Å²) in [6.07, 6.45) is 1.04. The van der Waals surface area contributed by atoms with Crippen molar-refractivity contribution in [3.8, 4) is 0 Å². The quantitative estimate of drug-likeness (QED) is 0.346. The van der Waals surface area contributed by atoms with Crippen LogP contribution in [0.1, 0.15) is 31.2 Å². The molecule has 0 amide bonds. The van der Waals surface area contributed by atoms with Gasteiger partial charge >= 0.3 is 0 Å². The minimum atomic E-state index is -0.0420. The molecule has 1 aromatic heterocycles. The first-order valence-corrected chi connectivity index (χ1v) is 9.08. The van der Waals surface area contributed by atoms with Crippen LogP contribution in [0.4, 0.5) is 5.69 Å². The molecule has 1 aliphatic rings. The number of hydrogen-bond acceptors (Lipinski definition) is 5. The van der Waals surface area contributed by atoms with Crippen molar-refractivity contribution >= 4 is 34.8 Å². The van der Waals surface area contributed by atoms with Gasteiger partial charge in [-0.1, -0.05) is 6.07 Å². The van der Waals surface area contributed by atoms with E-state index in [1.807, 2.05) is 6.07 Å². The van der Waals surface area contributed by atoms with Crippen LogP contribution in [-0.4, -0.2) is 16.8 Å². The maximum atomic E-state index is 10.0. The summed E-state index contributed by atoms with van der Waals surface area (Å²) >= 11 is 2.74. The van der Waals surface area contributed by atoms with E-state index >= 15 is 0 Å². The van der Waals surface area contributed by atoms with Crippen LogP contribution in [0, 0.1) is 0 Å². The zero-order chi connectivity index (χ0) is 16.4. The van der Waals surface area contributed by atoms with Crippen molar-refractivity contribution in [2.75, 3.05) is 6.54 Å². The van der Waals surface area contributed by atoms with E-state index in [1.54, 1.807) is 11.3 Å². The van der Waals surface area contributed by atoms with Gasteiger partial charge in [-0.2, -0.15) is 8.91 Å². The summed E-state index contributed by atoms with van der Waals surface area (Å²) in [7, 11) is 0. The average Bonchev–Trinajstić information content (AvgIpc) is 3.12. The molecule has 0 saturated carbocycles. The molecule has 1 aromatic carbocycles. The van der Waals surface area contributed by atoms with Crippen molar-refractivity contribution in [1.82, 2.24) is 0 Å². The van der Waals surface area contributed by atoms with E-state index in [0.29, 0.717) is 0 Å². The van der Waals surface area contributed by atoms with Crippen LogP contribution in [0.3, 0.4) is 0 Å². The Morgan fingerprint density at radius 2 is 2.13 bits per heavy atom. The fourth-order valence-corrected chi connectivity index (χ4v) is 4.13. The van der Waals surface area contributed by atoms with E-state index in [9.17, 15) is 5.26 Å².